The van der Waals surface area contributed by atoms with Crippen LogP contribution in [0.3, 0.4) is 0 Å². The molecule has 0 saturated carbocycles. The Kier molecular flexibility index (Phi) is 3.66. The van der Waals surface area contributed by atoms with E-state index in [1.807, 2.05) is 0 Å². The second kappa shape index (κ2) is 5.25. The molecule has 0 bridgehead atoms. The van der Waals surface area contributed by atoms with Gasteiger partial charge in [0, 0.05) is 16.2 Å². The van der Waals surface area contributed by atoms with Crippen molar-refractivity contribution in [3.05, 3.63) is 52.6 Å². The standard InChI is InChI=1S/C15H10F3NO/c1-8-3-10(5-13(16)12(8)7-19)15-9(2)4-11(20-18)6-14(15)17/h3-6H,1-2H3. The summed E-state index contributed by atoms with van der Waals surface area (Å²) in [6, 6.07) is 6.55. The number of nitriles is 1. The van der Waals surface area contributed by atoms with Gasteiger partial charge in [-0.2, -0.15) is 5.26 Å². The van der Waals surface area contributed by atoms with Crippen LogP contribution in [0.1, 0.15) is 16.7 Å². The first-order chi connectivity index (χ1) is 9.47. The molecule has 0 heterocycles. The molecule has 0 saturated heterocycles. The molecule has 5 heteroatoms. The maximum atomic E-state index is 14.0. The van der Waals surface area contributed by atoms with E-state index in [4.69, 9.17) is 5.26 Å². The van der Waals surface area contributed by atoms with Crippen LogP contribution in [0.2, 0.25) is 0 Å². The zero-order chi connectivity index (χ0) is 14.9. The highest BCUT2D eigenvalue weighted by atomic mass is 19.3. The molecule has 0 amide bonds. The van der Waals surface area contributed by atoms with Gasteiger partial charge >= 0.3 is 0 Å². The zero-order valence-corrected chi connectivity index (χ0v) is 10.8. The number of aryl methyl sites for hydroxylation is 2. The summed E-state index contributed by atoms with van der Waals surface area (Å²) < 4.78 is 39.9. The van der Waals surface area contributed by atoms with Crippen LogP contribution in [-0.2, 0) is 0 Å². The highest BCUT2D eigenvalue weighted by molar-refractivity contribution is 5.70. The Bertz CT molecular complexity index is 674. The lowest BCUT2D eigenvalue weighted by Gasteiger charge is -2.11. The smallest absolute Gasteiger partial charge is 0.175 e. The fraction of sp³-hybridized carbons (Fsp3) is 0.133. The fourth-order valence-corrected chi connectivity index (χ4v) is 2.15. The summed E-state index contributed by atoms with van der Waals surface area (Å²) in [6.07, 6.45) is 0. The highest BCUT2D eigenvalue weighted by Gasteiger charge is 2.15. The predicted molar refractivity (Wildman–Crippen MR) is 67.7 cm³/mol. The SMILES string of the molecule is Cc1cc(-c2c(C)cc(OF)cc2F)cc(F)c1C#N. The molecule has 2 rings (SSSR count). The maximum absolute atomic E-state index is 14.0. The van der Waals surface area contributed by atoms with E-state index in [-0.39, 0.29) is 16.9 Å². The predicted octanol–water partition coefficient (Wildman–Crippen LogP) is 4.38. The van der Waals surface area contributed by atoms with Gasteiger partial charge in [-0.25, -0.2) is 8.78 Å². The van der Waals surface area contributed by atoms with Crippen LogP contribution in [0.5, 0.6) is 5.75 Å². The van der Waals surface area contributed by atoms with E-state index in [1.165, 1.54) is 12.1 Å². The minimum atomic E-state index is -0.721. The molecule has 0 aliphatic heterocycles. The van der Waals surface area contributed by atoms with Crippen molar-refractivity contribution < 1.29 is 18.2 Å². The van der Waals surface area contributed by atoms with E-state index in [0.717, 1.165) is 12.1 Å². The molecule has 102 valence electrons. The molecule has 2 aromatic rings. The number of hydrogen-bond acceptors (Lipinski definition) is 2. The third-order valence-corrected chi connectivity index (χ3v) is 3.04. The molecule has 0 N–H and O–H groups in total. The van der Waals surface area contributed by atoms with E-state index in [9.17, 15) is 13.3 Å². The van der Waals surface area contributed by atoms with Gasteiger partial charge in [0.15, 0.2) is 5.75 Å². The van der Waals surface area contributed by atoms with Gasteiger partial charge in [-0.1, -0.05) is 0 Å². The van der Waals surface area contributed by atoms with Crippen LogP contribution >= 0.6 is 0 Å². The van der Waals surface area contributed by atoms with Gasteiger partial charge in [-0.3, -0.25) is 4.94 Å². The van der Waals surface area contributed by atoms with Crippen molar-refractivity contribution in [1.29, 1.82) is 5.26 Å². The Labute approximate surface area is 113 Å². The van der Waals surface area contributed by atoms with Crippen LogP contribution < -0.4 is 4.94 Å². The lowest BCUT2D eigenvalue weighted by molar-refractivity contribution is -0.00658. The molecule has 0 spiro atoms. The van der Waals surface area contributed by atoms with E-state index in [2.05, 4.69) is 4.94 Å². The quantitative estimate of drug-likeness (QED) is 0.815. The fourth-order valence-electron chi connectivity index (χ4n) is 2.15. The van der Waals surface area contributed by atoms with Crippen LogP contribution in [0.15, 0.2) is 24.3 Å². The van der Waals surface area contributed by atoms with Gasteiger partial charge in [-0.05, 0) is 48.7 Å². The maximum Gasteiger partial charge on any atom is 0.175 e. The number of halogens is 3. The molecule has 0 radical (unpaired) electrons. The van der Waals surface area contributed by atoms with Crippen molar-refractivity contribution in [3.63, 3.8) is 0 Å². The van der Waals surface area contributed by atoms with Gasteiger partial charge in [0.1, 0.15) is 17.7 Å². The van der Waals surface area contributed by atoms with Gasteiger partial charge in [-0.15, -0.1) is 0 Å². The topological polar surface area (TPSA) is 33.0 Å². The second-order valence-corrected chi connectivity index (χ2v) is 4.44. The van der Waals surface area contributed by atoms with E-state index in [0.29, 0.717) is 16.7 Å². The molecule has 0 unspecified atom stereocenters. The molecule has 0 fully saturated rings. The third-order valence-electron chi connectivity index (χ3n) is 3.04. The van der Waals surface area contributed by atoms with Gasteiger partial charge < -0.3 is 0 Å². The molecule has 2 nitrogen and oxygen atoms in total. The van der Waals surface area contributed by atoms with Crippen LogP contribution in [0.25, 0.3) is 11.1 Å². The summed E-state index contributed by atoms with van der Waals surface area (Å²) >= 11 is 0. The van der Waals surface area contributed by atoms with Gasteiger partial charge in [0.05, 0.1) is 5.56 Å². The molecule has 0 aromatic heterocycles. The van der Waals surface area contributed by atoms with Crippen molar-refractivity contribution in [2.24, 2.45) is 0 Å². The first-order valence-corrected chi connectivity index (χ1v) is 5.77. The zero-order valence-electron chi connectivity index (χ0n) is 10.8. The van der Waals surface area contributed by atoms with Crippen LogP contribution in [-0.4, -0.2) is 0 Å². The summed E-state index contributed by atoms with van der Waals surface area (Å²) in [5.74, 6) is -1.69. The Morgan fingerprint density at radius 2 is 1.70 bits per heavy atom. The van der Waals surface area contributed by atoms with E-state index >= 15 is 0 Å². The number of benzene rings is 2. The molecule has 0 atom stereocenters. The van der Waals surface area contributed by atoms with Crippen LogP contribution in [0.4, 0.5) is 13.3 Å². The minimum absolute atomic E-state index is 0.0736. The molecule has 2 aromatic carbocycles. The summed E-state index contributed by atoms with van der Waals surface area (Å²) in [4.78, 5) is 3.49. The first-order valence-electron chi connectivity index (χ1n) is 5.77. The number of nitrogens with zero attached hydrogens (tertiary/aromatic N) is 1. The average molecular weight is 277 g/mol. The summed E-state index contributed by atoms with van der Waals surface area (Å²) in [5.41, 5.74) is 1.18. The Hall–Kier alpha value is -2.48. The minimum Gasteiger partial charge on any atom is -0.294 e. The third kappa shape index (κ3) is 2.32. The molecular weight excluding hydrogens is 267 g/mol. The largest absolute Gasteiger partial charge is 0.294 e. The van der Waals surface area contributed by atoms with Gasteiger partial charge in [0.25, 0.3) is 0 Å². The lowest BCUT2D eigenvalue weighted by Crippen LogP contribution is -1.95. The van der Waals surface area contributed by atoms with Crippen molar-refractivity contribution in [3.8, 4) is 22.9 Å². The molecule has 0 aliphatic carbocycles. The van der Waals surface area contributed by atoms with E-state index in [1.54, 1.807) is 19.9 Å². The Morgan fingerprint density at radius 1 is 1.00 bits per heavy atom. The average Bonchev–Trinajstić information content (AvgIpc) is 2.37. The van der Waals surface area contributed by atoms with E-state index < -0.39 is 11.6 Å². The Morgan fingerprint density at radius 3 is 2.20 bits per heavy atom. The van der Waals surface area contributed by atoms with Gasteiger partial charge in [0.2, 0.25) is 0 Å². The van der Waals surface area contributed by atoms with Crippen molar-refractivity contribution >= 4 is 0 Å². The number of rotatable bonds is 2. The second-order valence-electron chi connectivity index (χ2n) is 4.44. The molecule has 20 heavy (non-hydrogen) atoms. The molecule has 0 aliphatic rings. The normalized spacial score (nSPS) is 10.2. The lowest BCUT2D eigenvalue weighted by atomic mass is 9.96. The monoisotopic (exact) mass is 277 g/mol. The molecular formula is C15H10F3NO. The highest BCUT2D eigenvalue weighted by Crippen LogP contribution is 2.32. The van der Waals surface area contributed by atoms with Crippen molar-refractivity contribution in [2.45, 2.75) is 13.8 Å². The summed E-state index contributed by atoms with van der Waals surface area (Å²) in [6.45, 7) is 3.13. The first kappa shape index (κ1) is 13.9. The van der Waals surface area contributed by atoms with Crippen molar-refractivity contribution in [1.82, 2.24) is 0 Å². The summed E-state index contributed by atoms with van der Waals surface area (Å²) in [5, 5.41) is 8.82. The number of hydrogen-bond donors (Lipinski definition) is 0. The van der Waals surface area contributed by atoms with Crippen LogP contribution in [0, 0.1) is 36.8 Å². The summed E-state index contributed by atoms with van der Waals surface area (Å²) in [7, 11) is 0. The Balaban J connectivity index is 2.67. The van der Waals surface area contributed by atoms with Crippen molar-refractivity contribution in [2.75, 3.05) is 0 Å².